The minimum absolute atomic E-state index is 0.0347. The average Bonchev–Trinajstić information content (AvgIpc) is 2.55. The number of alkyl halides is 2. The summed E-state index contributed by atoms with van der Waals surface area (Å²) in [4.78, 5) is 2.12. The van der Waals surface area contributed by atoms with Crippen LogP contribution in [0.1, 0.15) is 25.0 Å². The van der Waals surface area contributed by atoms with E-state index < -0.39 is 6.61 Å². The topological polar surface area (TPSA) is 30.9 Å². The summed E-state index contributed by atoms with van der Waals surface area (Å²) < 4.78 is 40.1. The molecule has 0 saturated heterocycles. The van der Waals surface area contributed by atoms with Gasteiger partial charge in [0.15, 0.2) is 11.5 Å². The largest absolute Gasteiger partial charge is 0.493 e. The zero-order valence-electron chi connectivity index (χ0n) is 15.5. The molecule has 26 heavy (non-hydrogen) atoms. The zero-order chi connectivity index (χ0) is 19.1. The maximum Gasteiger partial charge on any atom is 0.387 e. The van der Waals surface area contributed by atoms with Crippen LogP contribution >= 0.6 is 0 Å². The molecule has 0 N–H and O–H groups in total. The fraction of sp³-hybridized carbons (Fsp3) is 0.400. The minimum atomic E-state index is -2.88. The molecule has 0 aliphatic heterocycles. The van der Waals surface area contributed by atoms with Crippen LogP contribution in [0.4, 0.5) is 8.78 Å². The predicted molar refractivity (Wildman–Crippen MR) is 97.0 cm³/mol. The lowest BCUT2D eigenvalue weighted by molar-refractivity contribution is -0.0512. The van der Waals surface area contributed by atoms with Gasteiger partial charge in [0.25, 0.3) is 0 Å². The van der Waals surface area contributed by atoms with Crippen molar-refractivity contribution in [1.29, 1.82) is 0 Å². The molecule has 0 saturated carbocycles. The Labute approximate surface area is 153 Å². The third-order valence-corrected chi connectivity index (χ3v) is 3.62. The van der Waals surface area contributed by atoms with Gasteiger partial charge in [-0.05, 0) is 56.3 Å². The van der Waals surface area contributed by atoms with E-state index in [0.29, 0.717) is 12.3 Å². The van der Waals surface area contributed by atoms with Crippen molar-refractivity contribution in [3.63, 3.8) is 0 Å². The highest BCUT2D eigenvalue weighted by Gasteiger charge is 2.12. The lowest BCUT2D eigenvalue weighted by Crippen LogP contribution is -2.17. The number of rotatable bonds is 9. The first-order valence-electron chi connectivity index (χ1n) is 8.43. The maximum absolute atomic E-state index is 12.4. The van der Waals surface area contributed by atoms with Crippen molar-refractivity contribution in [1.82, 2.24) is 4.90 Å². The summed E-state index contributed by atoms with van der Waals surface area (Å²) in [6.07, 6.45) is 0.129. The van der Waals surface area contributed by atoms with Gasteiger partial charge in [-0.2, -0.15) is 8.78 Å². The molecule has 0 heterocycles. The van der Waals surface area contributed by atoms with Gasteiger partial charge in [0.1, 0.15) is 5.75 Å². The van der Waals surface area contributed by atoms with Crippen LogP contribution in [-0.4, -0.2) is 31.8 Å². The lowest BCUT2D eigenvalue weighted by Gasteiger charge is -2.19. The van der Waals surface area contributed by atoms with Gasteiger partial charge in [0.2, 0.25) is 0 Å². The van der Waals surface area contributed by atoms with Crippen LogP contribution in [0.15, 0.2) is 42.5 Å². The molecule has 0 aliphatic rings. The highest BCUT2D eigenvalue weighted by molar-refractivity contribution is 5.43. The molecule has 0 aliphatic carbocycles. The number of hydrogen-bond donors (Lipinski definition) is 0. The molecule has 4 nitrogen and oxygen atoms in total. The number of ether oxygens (including phenoxy) is 3. The van der Waals surface area contributed by atoms with Crippen molar-refractivity contribution in [3.8, 4) is 17.2 Å². The van der Waals surface area contributed by atoms with Crippen LogP contribution in [0, 0.1) is 0 Å². The summed E-state index contributed by atoms with van der Waals surface area (Å²) in [5.41, 5.74) is 2.08. The van der Waals surface area contributed by atoms with Crippen LogP contribution in [0.25, 0.3) is 0 Å². The van der Waals surface area contributed by atoms with Crippen molar-refractivity contribution in [3.05, 3.63) is 53.6 Å². The molecule has 6 heteroatoms. The molecule has 0 radical (unpaired) electrons. The Kier molecular flexibility index (Phi) is 7.21. The number of nitrogens with zero attached hydrogens (tertiary/aromatic N) is 1. The summed E-state index contributed by atoms with van der Waals surface area (Å²) >= 11 is 0. The fourth-order valence-electron chi connectivity index (χ4n) is 2.67. The first-order chi connectivity index (χ1) is 12.4. The van der Waals surface area contributed by atoms with E-state index in [-0.39, 0.29) is 11.9 Å². The van der Waals surface area contributed by atoms with E-state index in [4.69, 9.17) is 9.47 Å². The standard InChI is InChI=1S/C20H25F2NO3/c1-14(2)25-17-7-5-6-15(10-17)12-23(3)13-16-8-9-18(26-20(21)22)19(11-16)24-4/h5-11,14,20H,12-13H2,1-4H3. The Morgan fingerprint density at radius 2 is 1.62 bits per heavy atom. The van der Waals surface area contributed by atoms with Gasteiger partial charge in [-0.25, -0.2) is 0 Å². The molecule has 0 amide bonds. The third-order valence-electron chi connectivity index (χ3n) is 3.62. The van der Waals surface area contributed by atoms with Crippen LogP contribution < -0.4 is 14.2 Å². The summed E-state index contributed by atoms with van der Waals surface area (Å²) in [6, 6.07) is 13.0. The predicted octanol–water partition coefficient (Wildman–Crippen LogP) is 4.72. The first kappa shape index (κ1) is 20.0. The van der Waals surface area contributed by atoms with E-state index in [2.05, 4.69) is 9.64 Å². The molecule has 142 valence electrons. The van der Waals surface area contributed by atoms with Gasteiger partial charge in [0.05, 0.1) is 13.2 Å². The summed E-state index contributed by atoms with van der Waals surface area (Å²) in [6.45, 7) is 2.48. The average molecular weight is 365 g/mol. The first-order valence-corrected chi connectivity index (χ1v) is 8.43. The quantitative estimate of drug-likeness (QED) is 0.644. The number of benzene rings is 2. The molecule has 2 rings (SSSR count). The molecular formula is C20H25F2NO3. The molecule has 2 aromatic rings. The minimum Gasteiger partial charge on any atom is -0.493 e. The second-order valence-corrected chi connectivity index (χ2v) is 6.35. The van der Waals surface area contributed by atoms with Gasteiger partial charge in [-0.15, -0.1) is 0 Å². The molecule has 0 atom stereocenters. The van der Waals surface area contributed by atoms with Crippen LogP contribution in [0.2, 0.25) is 0 Å². The summed E-state index contributed by atoms with van der Waals surface area (Å²) in [7, 11) is 3.42. The number of halogens is 2. The Bertz CT molecular complexity index is 707. The van der Waals surface area contributed by atoms with E-state index in [1.54, 1.807) is 12.1 Å². The van der Waals surface area contributed by atoms with E-state index >= 15 is 0 Å². The number of hydrogen-bond acceptors (Lipinski definition) is 4. The van der Waals surface area contributed by atoms with E-state index in [9.17, 15) is 8.78 Å². The van der Waals surface area contributed by atoms with Crippen molar-refractivity contribution < 1.29 is 23.0 Å². The fourth-order valence-corrected chi connectivity index (χ4v) is 2.67. The van der Waals surface area contributed by atoms with Crippen molar-refractivity contribution >= 4 is 0 Å². The van der Waals surface area contributed by atoms with Gasteiger partial charge >= 0.3 is 6.61 Å². The van der Waals surface area contributed by atoms with Gasteiger partial charge in [-0.1, -0.05) is 18.2 Å². The zero-order valence-corrected chi connectivity index (χ0v) is 15.5. The van der Waals surface area contributed by atoms with Crippen LogP contribution in [-0.2, 0) is 13.1 Å². The highest BCUT2D eigenvalue weighted by atomic mass is 19.3. The van der Waals surface area contributed by atoms with Crippen LogP contribution in [0.3, 0.4) is 0 Å². The SMILES string of the molecule is COc1cc(CN(C)Cc2cccc(OC(C)C)c2)ccc1OC(F)F. The Hall–Kier alpha value is -2.34. The lowest BCUT2D eigenvalue weighted by atomic mass is 10.1. The molecule has 0 spiro atoms. The van der Waals surface area contributed by atoms with Gasteiger partial charge < -0.3 is 14.2 Å². The number of methoxy groups -OCH3 is 1. The monoisotopic (exact) mass is 365 g/mol. The molecule has 0 fully saturated rings. The smallest absolute Gasteiger partial charge is 0.387 e. The Balaban J connectivity index is 2.02. The maximum atomic E-state index is 12.4. The molecule has 2 aromatic carbocycles. The third kappa shape index (κ3) is 6.19. The second kappa shape index (κ2) is 9.38. The van der Waals surface area contributed by atoms with Crippen molar-refractivity contribution in [2.45, 2.75) is 39.7 Å². The van der Waals surface area contributed by atoms with Crippen LogP contribution in [0.5, 0.6) is 17.2 Å². The van der Waals surface area contributed by atoms with E-state index in [1.807, 2.05) is 45.2 Å². The molecule has 0 unspecified atom stereocenters. The summed E-state index contributed by atoms with van der Waals surface area (Å²) in [5, 5.41) is 0. The van der Waals surface area contributed by atoms with Crippen molar-refractivity contribution in [2.75, 3.05) is 14.2 Å². The normalized spacial score (nSPS) is 11.3. The Morgan fingerprint density at radius 1 is 0.923 bits per heavy atom. The molecular weight excluding hydrogens is 340 g/mol. The summed E-state index contributed by atoms with van der Waals surface area (Å²) in [5.74, 6) is 1.18. The molecule has 0 bridgehead atoms. The highest BCUT2D eigenvalue weighted by Crippen LogP contribution is 2.30. The second-order valence-electron chi connectivity index (χ2n) is 6.35. The van der Waals surface area contributed by atoms with Gasteiger partial charge in [-0.3, -0.25) is 4.90 Å². The Morgan fingerprint density at radius 3 is 2.23 bits per heavy atom. The molecule has 0 aromatic heterocycles. The van der Waals surface area contributed by atoms with Gasteiger partial charge in [0, 0.05) is 13.1 Å². The van der Waals surface area contributed by atoms with E-state index in [1.165, 1.54) is 13.2 Å². The van der Waals surface area contributed by atoms with Crippen molar-refractivity contribution in [2.24, 2.45) is 0 Å². The van der Waals surface area contributed by atoms with E-state index in [0.717, 1.165) is 23.4 Å².